The highest BCUT2D eigenvalue weighted by Gasteiger charge is 1.97. The summed E-state index contributed by atoms with van der Waals surface area (Å²) < 4.78 is 0. The van der Waals surface area contributed by atoms with Crippen molar-refractivity contribution in [1.29, 1.82) is 0 Å². The van der Waals surface area contributed by atoms with Crippen LogP contribution in [0.15, 0.2) is 36.7 Å². The summed E-state index contributed by atoms with van der Waals surface area (Å²) in [7, 11) is 0. The maximum Gasteiger partial charge on any atom is 0.0930 e. The minimum Gasteiger partial charge on any atom is -0.300 e. The second-order valence-corrected chi connectivity index (χ2v) is 2.80. The van der Waals surface area contributed by atoms with E-state index in [2.05, 4.69) is 15.0 Å². The first-order valence-electron chi connectivity index (χ1n) is 4.17. The van der Waals surface area contributed by atoms with Crippen molar-refractivity contribution in [3.05, 3.63) is 42.2 Å². The van der Waals surface area contributed by atoms with Gasteiger partial charge >= 0.3 is 0 Å². The SMILES string of the molecule is NOCc1ccc(-n2nccn2)cc1. The summed E-state index contributed by atoms with van der Waals surface area (Å²) in [6.45, 7) is 0.410. The van der Waals surface area contributed by atoms with Gasteiger partial charge in [0.2, 0.25) is 0 Å². The molecule has 0 spiro atoms. The minimum absolute atomic E-state index is 0.410. The number of benzene rings is 1. The second kappa shape index (κ2) is 3.99. The monoisotopic (exact) mass is 190 g/mol. The molecule has 0 atom stereocenters. The summed E-state index contributed by atoms with van der Waals surface area (Å²) in [6, 6.07) is 7.67. The molecule has 0 saturated carbocycles. The Morgan fingerprint density at radius 1 is 1.14 bits per heavy atom. The van der Waals surface area contributed by atoms with Crippen molar-refractivity contribution < 1.29 is 4.84 Å². The maximum absolute atomic E-state index is 4.96. The van der Waals surface area contributed by atoms with E-state index in [1.54, 1.807) is 17.2 Å². The fourth-order valence-electron chi connectivity index (χ4n) is 1.17. The topological polar surface area (TPSA) is 66.0 Å². The predicted molar refractivity (Wildman–Crippen MR) is 50.3 cm³/mol. The lowest BCUT2D eigenvalue weighted by molar-refractivity contribution is 0.124. The highest BCUT2D eigenvalue weighted by Crippen LogP contribution is 2.07. The Hall–Kier alpha value is -1.72. The lowest BCUT2D eigenvalue weighted by atomic mass is 10.2. The molecule has 0 unspecified atom stereocenters. The molecule has 2 aromatic rings. The molecule has 1 heterocycles. The number of hydrogen-bond acceptors (Lipinski definition) is 4. The van der Waals surface area contributed by atoms with Crippen LogP contribution >= 0.6 is 0 Å². The Morgan fingerprint density at radius 3 is 2.36 bits per heavy atom. The maximum atomic E-state index is 4.96. The van der Waals surface area contributed by atoms with E-state index in [1.807, 2.05) is 24.3 Å². The van der Waals surface area contributed by atoms with Gasteiger partial charge in [0.25, 0.3) is 0 Å². The van der Waals surface area contributed by atoms with Crippen molar-refractivity contribution in [2.75, 3.05) is 0 Å². The first-order valence-corrected chi connectivity index (χ1v) is 4.17. The van der Waals surface area contributed by atoms with Gasteiger partial charge in [0, 0.05) is 0 Å². The zero-order valence-electron chi connectivity index (χ0n) is 7.50. The van der Waals surface area contributed by atoms with E-state index in [-0.39, 0.29) is 0 Å². The van der Waals surface area contributed by atoms with Gasteiger partial charge in [-0.2, -0.15) is 15.0 Å². The summed E-state index contributed by atoms with van der Waals surface area (Å²) in [5, 5.41) is 8.02. The molecule has 0 amide bonds. The van der Waals surface area contributed by atoms with Crippen LogP contribution < -0.4 is 5.90 Å². The number of nitrogens with two attached hydrogens (primary N) is 1. The van der Waals surface area contributed by atoms with Gasteiger partial charge in [-0.1, -0.05) is 12.1 Å². The van der Waals surface area contributed by atoms with E-state index in [1.165, 1.54) is 0 Å². The molecule has 0 bridgehead atoms. The molecular formula is C9H10N4O. The largest absolute Gasteiger partial charge is 0.300 e. The Labute approximate surface area is 81.1 Å². The quantitative estimate of drug-likeness (QED) is 0.722. The fourth-order valence-corrected chi connectivity index (χ4v) is 1.17. The van der Waals surface area contributed by atoms with Crippen LogP contribution in [-0.2, 0) is 11.4 Å². The molecule has 0 fully saturated rings. The lowest BCUT2D eigenvalue weighted by Gasteiger charge is -2.01. The molecule has 5 nitrogen and oxygen atoms in total. The van der Waals surface area contributed by atoms with Gasteiger partial charge in [0.1, 0.15) is 0 Å². The number of hydrogen-bond donors (Lipinski definition) is 1. The number of rotatable bonds is 3. The third-order valence-electron chi connectivity index (χ3n) is 1.84. The fraction of sp³-hybridized carbons (Fsp3) is 0.111. The van der Waals surface area contributed by atoms with Gasteiger partial charge in [0.05, 0.1) is 24.7 Å². The molecule has 2 rings (SSSR count). The molecule has 14 heavy (non-hydrogen) atoms. The van der Waals surface area contributed by atoms with Crippen LogP contribution in [0.1, 0.15) is 5.56 Å². The second-order valence-electron chi connectivity index (χ2n) is 2.80. The van der Waals surface area contributed by atoms with Crippen LogP contribution in [0.4, 0.5) is 0 Å². The van der Waals surface area contributed by atoms with Crippen LogP contribution in [-0.4, -0.2) is 15.0 Å². The van der Waals surface area contributed by atoms with Gasteiger partial charge in [-0.25, -0.2) is 5.90 Å². The van der Waals surface area contributed by atoms with Gasteiger partial charge in [-0.3, -0.25) is 4.84 Å². The van der Waals surface area contributed by atoms with Crippen LogP contribution in [0, 0.1) is 0 Å². The molecule has 0 aliphatic rings. The van der Waals surface area contributed by atoms with Crippen molar-refractivity contribution in [2.45, 2.75) is 6.61 Å². The molecule has 5 heteroatoms. The zero-order chi connectivity index (χ0) is 9.80. The van der Waals surface area contributed by atoms with E-state index in [9.17, 15) is 0 Å². The summed E-state index contributed by atoms with van der Waals surface area (Å²) in [6.07, 6.45) is 3.27. The Kier molecular flexibility index (Phi) is 2.53. The van der Waals surface area contributed by atoms with Gasteiger partial charge in [-0.05, 0) is 17.7 Å². The van der Waals surface area contributed by atoms with Gasteiger partial charge < -0.3 is 0 Å². The number of aromatic nitrogens is 3. The Morgan fingerprint density at radius 2 is 1.79 bits per heavy atom. The Bertz CT molecular complexity index is 382. The average Bonchev–Trinajstić information content (AvgIpc) is 2.72. The summed E-state index contributed by atoms with van der Waals surface area (Å²) >= 11 is 0. The molecule has 2 N–H and O–H groups in total. The smallest absolute Gasteiger partial charge is 0.0930 e. The molecule has 1 aromatic heterocycles. The van der Waals surface area contributed by atoms with Crippen molar-refractivity contribution >= 4 is 0 Å². The van der Waals surface area contributed by atoms with E-state index < -0.39 is 0 Å². The summed E-state index contributed by atoms with van der Waals surface area (Å²) in [5.74, 6) is 4.96. The molecule has 0 radical (unpaired) electrons. The van der Waals surface area contributed by atoms with Crippen molar-refractivity contribution in [2.24, 2.45) is 5.90 Å². The standard InChI is InChI=1S/C9H10N4O/c10-14-7-8-1-3-9(4-2-8)13-11-5-6-12-13/h1-6H,7,10H2. The molecule has 1 aromatic carbocycles. The Balaban J connectivity index is 2.22. The normalized spacial score (nSPS) is 10.4. The molecular weight excluding hydrogens is 180 g/mol. The minimum atomic E-state index is 0.410. The highest BCUT2D eigenvalue weighted by molar-refractivity contribution is 5.32. The summed E-state index contributed by atoms with van der Waals surface area (Å²) in [4.78, 5) is 6.07. The van der Waals surface area contributed by atoms with Crippen molar-refractivity contribution in [1.82, 2.24) is 15.0 Å². The van der Waals surface area contributed by atoms with Gasteiger partial charge in [0.15, 0.2) is 0 Å². The highest BCUT2D eigenvalue weighted by atomic mass is 16.6. The summed E-state index contributed by atoms with van der Waals surface area (Å²) in [5.41, 5.74) is 1.93. The number of nitrogens with zero attached hydrogens (tertiary/aromatic N) is 3. The molecule has 0 aliphatic heterocycles. The van der Waals surface area contributed by atoms with E-state index in [4.69, 9.17) is 5.90 Å². The van der Waals surface area contributed by atoms with E-state index >= 15 is 0 Å². The third kappa shape index (κ3) is 1.78. The predicted octanol–water partition coefficient (Wildman–Crippen LogP) is 0.658. The molecule has 72 valence electrons. The lowest BCUT2D eigenvalue weighted by Crippen LogP contribution is -2.01. The third-order valence-corrected chi connectivity index (χ3v) is 1.84. The van der Waals surface area contributed by atoms with Crippen LogP contribution in [0.5, 0.6) is 0 Å². The first-order chi connectivity index (χ1) is 6.90. The molecule has 0 saturated heterocycles. The average molecular weight is 190 g/mol. The van der Waals surface area contributed by atoms with Crippen LogP contribution in [0.2, 0.25) is 0 Å². The van der Waals surface area contributed by atoms with Crippen LogP contribution in [0.25, 0.3) is 5.69 Å². The van der Waals surface area contributed by atoms with E-state index in [0.29, 0.717) is 6.61 Å². The zero-order valence-corrected chi connectivity index (χ0v) is 7.50. The van der Waals surface area contributed by atoms with Crippen LogP contribution in [0.3, 0.4) is 0 Å². The van der Waals surface area contributed by atoms with Crippen molar-refractivity contribution in [3.8, 4) is 5.69 Å². The van der Waals surface area contributed by atoms with E-state index in [0.717, 1.165) is 11.3 Å². The molecule has 0 aliphatic carbocycles. The van der Waals surface area contributed by atoms with Crippen molar-refractivity contribution in [3.63, 3.8) is 0 Å². The van der Waals surface area contributed by atoms with Gasteiger partial charge in [-0.15, -0.1) is 0 Å². The first kappa shape index (κ1) is 8.86.